The van der Waals surface area contributed by atoms with E-state index in [0.717, 1.165) is 12.0 Å². The Labute approximate surface area is 120 Å². The molecule has 1 aromatic rings. The molecule has 2 unspecified atom stereocenters. The zero-order chi connectivity index (χ0) is 15.0. The summed E-state index contributed by atoms with van der Waals surface area (Å²) in [6, 6.07) is 7.77. The fraction of sp³-hybridized carbons (Fsp3) is 0.600. The molecule has 2 N–H and O–H groups in total. The maximum absolute atomic E-state index is 12.2. The maximum atomic E-state index is 12.2. The van der Waals surface area contributed by atoms with Crippen LogP contribution in [0.4, 0.5) is 0 Å². The molecule has 1 fully saturated rings. The monoisotopic (exact) mass is 298 g/mol. The SMILES string of the molecule is CCc1ccc(C2C(S(=O)(=O)CC)C2(CO)CO)cc1. The van der Waals surface area contributed by atoms with Crippen LogP contribution in [0.15, 0.2) is 24.3 Å². The predicted octanol–water partition coefficient (Wildman–Crippen LogP) is 1.12. The number of benzene rings is 1. The average Bonchev–Trinajstić information content (AvgIpc) is 3.18. The van der Waals surface area contributed by atoms with Crippen LogP contribution in [-0.4, -0.2) is 42.8 Å². The van der Waals surface area contributed by atoms with E-state index in [4.69, 9.17) is 0 Å². The van der Waals surface area contributed by atoms with Crippen LogP contribution in [0.3, 0.4) is 0 Å². The Hall–Kier alpha value is -0.910. The topological polar surface area (TPSA) is 74.6 Å². The van der Waals surface area contributed by atoms with E-state index in [1.807, 2.05) is 24.3 Å². The Kier molecular flexibility index (Phi) is 4.23. The standard InChI is InChI=1S/C15H22O4S/c1-3-11-5-7-12(8-6-11)13-14(20(18,19)4-2)15(13,9-16)10-17/h5-8,13-14,16-17H,3-4,9-10H2,1-2H3. The van der Waals surface area contributed by atoms with Crippen molar-refractivity contribution >= 4 is 9.84 Å². The second-order valence-electron chi connectivity index (χ2n) is 5.49. The normalized spacial score (nSPS) is 24.6. The zero-order valence-corrected chi connectivity index (χ0v) is 12.7. The molecule has 5 heteroatoms. The molecule has 112 valence electrons. The smallest absolute Gasteiger partial charge is 0.154 e. The van der Waals surface area contributed by atoms with Gasteiger partial charge >= 0.3 is 0 Å². The number of aryl methyl sites for hydroxylation is 1. The molecular formula is C15H22O4S. The quantitative estimate of drug-likeness (QED) is 0.825. The van der Waals surface area contributed by atoms with Gasteiger partial charge in [0.05, 0.1) is 18.5 Å². The first-order chi connectivity index (χ1) is 9.46. The van der Waals surface area contributed by atoms with Crippen molar-refractivity contribution in [1.82, 2.24) is 0 Å². The van der Waals surface area contributed by atoms with Crippen molar-refractivity contribution in [2.24, 2.45) is 5.41 Å². The lowest BCUT2D eigenvalue weighted by molar-refractivity contribution is 0.130. The summed E-state index contributed by atoms with van der Waals surface area (Å²) in [5, 5.41) is 18.5. The van der Waals surface area contributed by atoms with Gasteiger partial charge in [0, 0.05) is 17.1 Å². The molecule has 0 spiro atoms. The lowest BCUT2D eigenvalue weighted by Gasteiger charge is -2.11. The van der Waals surface area contributed by atoms with E-state index < -0.39 is 20.5 Å². The summed E-state index contributed by atoms with van der Waals surface area (Å²) in [6.07, 6.45) is 0.923. The predicted molar refractivity (Wildman–Crippen MR) is 78.4 cm³/mol. The third-order valence-electron chi connectivity index (χ3n) is 4.50. The van der Waals surface area contributed by atoms with E-state index in [2.05, 4.69) is 6.92 Å². The van der Waals surface area contributed by atoms with Gasteiger partial charge in [-0.15, -0.1) is 0 Å². The average molecular weight is 298 g/mol. The van der Waals surface area contributed by atoms with Crippen molar-refractivity contribution in [1.29, 1.82) is 0 Å². The first kappa shape index (κ1) is 15.5. The van der Waals surface area contributed by atoms with Crippen LogP contribution < -0.4 is 0 Å². The molecule has 4 nitrogen and oxygen atoms in total. The molecule has 0 aromatic heterocycles. The third kappa shape index (κ3) is 2.28. The molecule has 1 saturated carbocycles. The van der Waals surface area contributed by atoms with Crippen LogP contribution in [0.25, 0.3) is 0 Å². The molecular weight excluding hydrogens is 276 g/mol. The molecule has 1 aromatic carbocycles. The van der Waals surface area contributed by atoms with Gasteiger partial charge in [0.15, 0.2) is 9.84 Å². The lowest BCUT2D eigenvalue weighted by Crippen LogP contribution is -2.23. The van der Waals surface area contributed by atoms with Crippen LogP contribution in [0.1, 0.15) is 30.9 Å². The van der Waals surface area contributed by atoms with Crippen LogP contribution in [0, 0.1) is 5.41 Å². The maximum Gasteiger partial charge on any atom is 0.154 e. The molecule has 0 saturated heterocycles. The van der Waals surface area contributed by atoms with Gasteiger partial charge in [0.2, 0.25) is 0 Å². The molecule has 2 rings (SSSR count). The number of hydrogen-bond donors (Lipinski definition) is 2. The summed E-state index contributed by atoms with van der Waals surface area (Å²) in [5.41, 5.74) is 1.14. The second kappa shape index (κ2) is 5.47. The Morgan fingerprint density at radius 3 is 2.05 bits per heavy atom. The summed E-state index contributed by atoms with van der Waals surface area (Å²) in [7, 11) is -3.29. The second-order valence-corrected chi connectivity index (χ2v) is 7.91. The van der Waals surface area contributed by atoms with Crippen molar-refractivity contribution < 1.29 is 18.6 Å². The first-order valence-electron chi connectivity index (χ1n) is 6.99. The largest absolute Gasteiger partial charge is 0.396 e. The Morgan fingerprint density at radius 2 is 1.65 bits per heavy atom. The van der Waals surface area contributed by atoms with Gasteiger partial charge in [-0.25, -0.2) is 8.42 Å². The number of sulfone groups is 1. The van der Waals surface area contributed by atoms with E-state index in [9.17, 15) is 18.6 Å². The fourth-order valence-corrected chi connectivity index (χ4v) is 5.23. The molecule has 0 amide bonds. The van der Waals surface area contributed by atoms with Gasteiger partial charge in [-0.3, -0.25) is 0 Å². The molecule has 0 radical (unpaired) electrons. The van der Waals surface area contributed by atoms with Gasteiger partial charge in [0.25, 0.3) is 0 Å². The molecule has 1 aliphatic rings. The Morgan fingerprint density at radius 1 is 1.10 bits per heavy atom. The van der Waals surface area contributed by atoms with Crippen LogP contribution in [-0.2, 0) is 16.3 Å². The summed E-state index contributed by atoms with van der Waals surface area (Å²) in [5.74, 6) is -0.281. The Balaban J connectivity index is 2.38. The number of hydrogen-bond acceptors (Lipinski definition) is 4. The van der Waals surface area contributed by atoms with Crippen molar-refractivity contribution in [3.63, 3.8) is 0 Å². The minimum Gasteiger partial charge on any atom is -0.396 e. The van der Waals surface area contributed by atoms with Crippen molar-refractivity contribution in [2.45, 2.75) is 31.4 Å². The zero-order valence-electron chi connectivity index (χ0n) is 11.9. The molecule has 0 aliphatic heterocycles. The lowest BCUT2D eigenvalue weighted by atomic mass is 9.99. The highest BCUT2D eigenvalue weighted by atomic mass is 32.2. The highest BCUT2D eigenvalue weighted by Gasteiger charge is 2.69. The highest BCUT2D eigenvalue weighted by molar-refractivity contribution is 7.92. The summed E-state index contributed by atoms with van der Waals surface area (Å²) in [4.78, 5) is 0. The number of aliphatic hydroxyl groups excluding tert-OH is 2. The summed E-state index contributed by atoms with van der Waals surface area (Å²) < 4.78 is 24.4. The molecule has 2 atom stereocenters. The highest BCUT2D eigenvalue weighted by Crippen LogP contribution is 2.62. The van der Waals surface area contributed by atoms with Crippen LogP contribution in [0.5, 0.6) is 0 Å². The van der Waals surface area contributed by atoms with Crippen molar-refractivity contribution in [3.8, 4) is 0 Å². The van der Waals surface area contributed by atoms with Crippen LogP contribution in [0.2, 0.25) is 0 Å². The first-order valence-corrected chi connectivity index (χ1v) is 8.70. The van der Waals surface area contributed by atoms with E-state index in [0.29, 0.717) is 0 Å². The van der Waals surface area contributed by atoms with Gasteiger partial charge in [-0.05, 0) is 17.5 Å². The van der Waals surface area contributed by atoms with E-state index in [-0.39, 0.29) is 24.9 Å². The Bertz CT molecular complexity index is 558. The van der Waals surface area contributed by atoms with E-state index in [1.54, 1.807) is 6.92 Å². The van der Waals surface area contributed by atoms with Gasteiger partial charge in [0.1, 0.15) is 0 Å². The van der Waals surface area contributed by atoms with Crippen LogP contribution >= 0.6 is 0 Å². The van der Waals surface area contributed by atoms with Crippen molar-refractivity contribution in [2.75, 3.05) is 19.0 Å². The van der Waals surface area contributed by atoms with E-state index in [1.165, 1.54) is 5.56 Å². The number of rotatable bonds is 6. The van der Waals surface area contributed by atoms with Crippen molar-refractivity contribution in [3.05, 3.63) is 35.4 Å². The van der Waals surface area contributed by atoms with Gasteiger partial charge < -0.3 is 10.2 Å². The number of aliphatic hydroxyl groups is 2. The molecule has 0 heterocycles. The summed E-state index contributed by atoms with van der Waals surface area (Å²) >= 11 is 0. The molecule has 20 heavy (non-hydrogen) atoms. The van der Waals surface area contributed by atoms with E-state index >= 15 is 0 Å². The molecule has 0 bridgehead atoms. The van der Waals surface area contributed by atoms with Gasteiger partial charge in [-0.1, -0.05) is 38.1 Å². The van der Waals surface area contributed by atoms with Gasteiger partial charge in [-0.2, -0.15) is 0 Å². The summed E-state index contributed by atoms with van der Waals surface area (Å²) in [6.45, 7) is 3.04. The minimum atomic E-state index is -3.29. The fourth-order valence-electron chi connectivity index (χ4n) is 3.09. The minimum absolute atomic E-state index is 0.0307. The third-order valence-corrected chi connectivity index (χ3v) is 6.82. The molecule has 1 aliphatic carbocycles.